The number of amides is 2. The van der Waals surface area contributed by atoms with E-state index in [9.17, 15) is 31.9 Å². The third kappa shape index (κ3) is 7.63. The molecule has 0 unspecified atom stereocenters. The van der Waals surface area contributed by atoms with E-state index in [-0.39, 0.29) is 48.7 Å². The molecule has 0 atom stereocenters. The molecular weight excluding hydrogens is 552 g/mol. The van der Waals surface area contributed by atoms with Crippen molar-refractivity contribution in [1.82, 2.24) is 9.80 Å². The Morgan fingerprint density at radius 2 is 1.55 bits per heavy atom. The van der Waals surface area contributed by atoms with Crippen molar-refractivity contribution in [2.24, 2.45) is 5.92 Å². The molecule has 0 bridgehead atoms. The van der Waals surface area contributed by atoms with E-state index in [2.05, 4.69) is 0 Å². The van der Waals surface area contributed by atoms with Crippen LogP contribution in [0.15, 0.2) is 88.3 Å². The summed E-state index contributed by atoms with van der Waals surface area (Å²) in [5.41, 5.74) is 0.0175. The third-order valence-electron chi connectivity index (χ3n) is 6.80. The van der Waals surface area contributed by atoms with Crippen LogP contribution >= 0.6 is 0 Å². The van der Waals surface area contributed by atoms with E-state index < -0.39 is 29.4 Å². The normalized spacial score (nSPS) is 11.6. The summed E-state index contributed by atoms with van der Waals surface area (Å²) in [6.07, 6.45) is -2.71. The molecule has 0 saturated carbocycles. The van der Waals surface area contributed by atoms with Crippen molar-refractivity contribution in [2.75, 3.05) is 13.1 Å². The maximum atomic E-state index is 13.7. The second kappa shape index (κ2) is 13.0. The number of hydrogen-bond acceptors (Lipinski definition) is 4. The topological polar surface area (TPSA) is 70.8 Å². The number of nitrogens with zero attached hydrogens (tertiary/aromatic N) is 2. The van der Waals surface area contributed by atoms with Gasteiger partial charge in [0.25, 0.3) is 5.91 Å². The number of rotatable bonds is 10. The Morgan fingerprint density at radius 3 is 2.19 bits per heavy atom. The minimum Gasteiger partial charge on any atom is -0.464 e. The van der Waals surface area contributed by atoms with Gasteiger partial charge in [-0.15, -0.1) is 0 Å². The average molecular weight is 583 g/mol. The highest BCUT2D eigenvalue weighted by atomic mass is 19.4. The molecule has 0 fully saturated rings. The SMILES string of the molecule is CC(C)CCN(CC(=O)N(Cc1ccc(F)cc1)Cc1coc2ccccc2c1=O)C(=O)c1ccc(C(F)(F)F)cc1. The maximum absolute atomic E-state index is 13.7. The van der Waals surface area contributed by atoms with E-state index in [0.29, 0.717) is 23.0 Å². The molecule has 4 aromatic rings. The lowest BCUT2D eigenvalue weighted by Gasteiger charge is -2.28. The molecule has 0 aliphatic rings. The van der Waals surface area contributed by atoms with Gasteiger partial charge in [0, 0.05) is 18.7 Å². The fourth-order valence-electron chi connectivity index (χ4n) is 4.39. The lowest BCUT2D eigenvalue weighted by Crippen LogP contribution is -2.43. The van der Waals surface area contributed by atoms with Crippen molar-refractivity contribution < 1.29 is 31.6 Å². The predicted octanol–water partition coefficient (Wildman–Crippen LogP) is 6.67. The largest absolute Gasteiger partial charge is 0.464 e. The van der Waals surface area contributed by atoms with Crippen LogP contribution in [0, 0.1) is 11.7 Å². The van der Waals surface area contributed by atoms with Gasteiger partial charge in [0.1, 0.15) is 17.9 Å². The van der Waals surface area contributed by atoms with Crippen molar-refractivity contribution in [3.05, 3.63) is 117 Å². The molecule has 3 aromatic carbocycles. The molecule has 2 amide bonds. The molecule has 4 rings (SSSR count). The summed E-state index contributed by atoms with van der Waals surface area (Å²) in [6, 6.07) is 16.1. The van der Waals surface area contributed by atoms with Crippen LogP contribution in [0.5, 0.6) is 0 Å². The number of carbonyl (C=O) groups excluding carboxylic acids is 2. The molecule has 0 saturated heterocycles. The van der Waals surface area contributed by atoms with Gasteiger partial charge in [-0.25, -0.2) is 4.39 Å². The van der Waals surface area contributed by atoms with E-state index in [0.717, 1.165) is 24.3 Å². The van der Waals surface area contributed by atoms with Crippen molar-refractivity contribution in [1.29, 1.82) is 0 Å². The number of carbonyl (C=O) groups is 2. The lowest BCUT2D eigenvalue weighted by atomic mass is 10.1. The van der Waals surface area contributed by atoms with Crippen molar-refractivity contribution >= 4 is 22.8 Å². The first-order valence-corrected chi connectivity index (χ1v) is 13.4. The first kappa shape index (κ1) is 30.5. The number of halogens is 4. The number of para-hydroxylation sites is 1. The Bertz CT molecular complexity index is 1600. The van der Waals surface area contributed by atoms with Crippen LogP contribution in [-0.4, -0.2) is 34.7 Å². The lowest BCUT2D eigenvalue weighted by molar-refractivity contribution is -0.137. The standard InChI is InChI=1S/C32H30F4N2O4/c1-21(2)15-16-37(31(41)23-9-11-25(12-10-23)32(34,35)36)19-29(39)38(17-22-7-13-26(33)14-8-22)18-24-20-42-28-6-4-3-5-27(28)30(24)40/h3-14,20-21H,15-19H2,1-2H3. The summed E-state index contributed by atoms with van der Waals surface area (Å²) in [6.45, 7) is 3.57. The third-order valence-corrected chi connectivity index (χ3v) is 6.80. The minimum atomic E-state index is -4.55. The van der Waals surface area contributed by atoms with Crippen molar-refractivity contribution in [2.45, 2.75) is 39.5 Å². The smallest absolute Gasteiger partial charge is 0.416 e. The second-order valence-electron chi connectivity index (χ2n) is 10.4. The number of benzene rings is 3. The van der Waals surface area contributed by atoms with Crippen molar-refractivity contribution in [3.63, 3.8) is 0 Å². The van der Waals surface area contributed by atoms with Crippen LogP contribution in [0.25, 0.3) is 11.0 Å². The van der Waals surface area contributed by atoms with Gasteiger partial charge in [0.05, 0.1) is 29.3 Å². The zero-order chi connectivity index (χ0) is 30.4. The molecule has 1 aromatic heterocycles. The maximum Gasteiger partial charge on any atom is 0.416 e. The van der Waals surface area contributed by atoms with Gasteiger partial charge < -0.3 is 14.2 Å². The number of hydrogen-bond donors (Lipinski definition) is 0. The van der Waals surface area contributed by atoms with Gasteiger partial charge in [-0.1, -0.05) is 38.1 Å². The molecule has 6 nitrogen and oxygen atoms in total. The minimum absolute atomic E-state index is 0.0118. The Hall–Kier alpha value is -4.47. The molecule has 10 heteroatoms. The molecule has 0 aliphatic heterocycles. The summed E-state index contributed by atoms with van der Waals surface area (Å²) < 4.78 is 58.3. The van der Waals surface area contributed by atoms with Gasteiger partial charge in [-0.2, -0.15) is 13.2 Å². The molecule has 42 heavy (non-hydrogen) atoms. The van der Waals surface area contributed by atoms with Crippen molar-refractivity contribution in [3.8, 4) is 0 Å². The quantitative estimate of drug-likeness (QED) is 0.196. The predicted molar refractivity (Wildman–Crippen MR) is 150 cm³/mol. The summed E-state index contributed by atoms with van der Waals surface area (Å²) in [5, 5.41) is 0.347. The van der Waals surface area contributed by atoms with Crippen LogP contribution in [-0.2, 0) is 24.1 Å². The van der Waals surface area contributed by atoms with Crippen LogP contribution in [0.1, 0.15) is 47.3 Å². The highest BCUT2D eigenvalue weighted by molar-refractivity contribution is 5.96. The van der Waals surface area contributed by atoms with Gasteiger partial charge in [-0.3, -0.25) is 14.4 Å². The Morgan fingerprint density at radius 1 is 0.881 bits per heavy atom. The van der Waals surface area contributed by atoms with E-state index >= 15 is 0 Å². The zero-order valence-electron chi connectivity index (χ0n) is 23.2. The molecule has 1 heterocycles. The number of fused-ring (bicyclic) bond motifs is 1. The fraction of sp³-hybridized carbons (Fsp3) is 0.281. The molecule has 0 aliphatic carbocycles. The first-order valence-electron chi connectivity index (χ1n) is 13.4. The summed E-state index contributed by atoms with van der Waals surface area (Å²) in [5.74, 6) is -1.37. The zero-order valence-corrected chi connectivity index (χ0v) is 23.2. The van der Waals surface area contributed by atoms with Gasteiger partial charge in [0.15, 0.2) is 5.43 Å². The van der Waals surface area contributed by atoms with E-state index in [4.69, 9.17) is 4.42 Å². The summed E-state index contributed by atoms with van der Waals surface area (Å²) in [4.78, 5) is 43.0. The van der Waals surface area contributed by atoms with E-state index in [1.165, 1.54) is 40.3 Å². The van der Waals surface area contributed by atoms with E-state index in [1.807, 2.05) is 13.8 Å². The fourth-order valence-corrected chi connectivity index (χ4v) is 4.39. The van der Waals surface area contributed by atoms with E-state index in [1.54, 1.807) is 24.3 Å². The second-order valence-corrected chi connectivity index (χ2v) is 10.4. The Balaban J connectivity index is 1.63. The Labute approximate surface area is 240 Å². The highest BCUT2D eigenvalue weighted by Gasteiger charge is 2.31. The van der Waals surface area contributed by atoms with Gasteiger partial charge in [-0.05, 0) is 66.4 Å². The van der Waals surface area contributed by atoms with Crippen LogP contribution in [0.4, 0.5) is 17.6 Å². The first-order chi connectivity index (χ1) is 19.9. The molecule has 220 valence electrons. The summed E-state index contributed by atoms with van der Waals surface area (Å²) >= 11 is 0. The highest BCUT2D eigenvalue weighted by Crippen LogP contribution is 2.29. The molecule has 0 radical (unpaired) electrons. The number of alkyl halides is 3. The monoisotopic (exact) mass is 582 g/mol. The average Bonchev–Trinajstić information content (AvgIpc) is 2.96. The summed E-state index contributed by atoms with van der Waals surface area (Å²) in [7, 11) is 0. The van der Waals surface area contributed by atoms with Crippen LogP contribution < -0.4 is 5.43 Å². The van der Waals surface area contributed by atoms with Gasteiger partial charge in [0.2, 0.25) is 5.91 Å². The molecule has 0 spiro atoms. The van der Waals surface area contributed by atoms with Gasteiger partial charge >= 0.3 is 6.18 Å². The van der Waals surface area contributed by atoms with Crippen LogP contribution in [0.2, 0.25) is 0 Å². The Kier molecular flexibility index (Phi) is 9.45. The molecule has 0 N–H and O–H groups in total. The molecular formula is C32H30F4N2O4. The van der Waals surface area contributed by atoms with Crippen LogP contribution in [0.3, 0.4) is 0 Å².